The SMILES string of the molecule is O=S(NS(=O)(=O)C(F)(F)F)OCC(F)(F)F. The van der Waals surface area contributed by atoms with Crippen molar-refractivity contribution >= 4 is 21.3 Å². The fourth-order valence-electron chi connectivity index (χ4n) is 0.281. The Bertz CT molecular complexity index is 357. The molecule has 1 N–H and O–H groups in total. The van der Waals surface area contributed by atoms with Gasteiger partial charge in [0.1, 0.15) is 0 Å². The maximum absolute atomic E-state index is 11.6. The van der Waals surface area contributed by atoms with Gasteiger partial charge in [-0.05, 0) is 0 Å². The smallest absolute Gasteiger partial charge is 0.268 e. The zero-order chi connectivity index (χ0) is 13.2. The van der Waals surface area contributed by atoms with Crippen molar-refractivity contribution in [2.45, 2.75) is 11.7 Å². The summed E-state index contributed by atoms with van der Waals surface area (Å²) in [6.07, 6.45) is -4.95. The van der Waals surface area contributed by atoms with Crippen LogP contribution in [-0.2, 0) is 25.5 Å². The standard InChI is InChI=1S/C3H3F6NO4S2/c4-2(5,6)1-14-15(11)10-16(12,13)3(7,8)9/h10H,1H2. The Morgan fingerprint density at radius 3 is 1.88 bits per heavy atom. The van der Waals surface area contributed by atoms with E-state index in [1.807, 2.05) is 0 Å². The van der Waals surface area contributed by atoms with Crippen molar-refractivity contribution in [3.63, 3.8) is 0 Å². The predicted molar refractivity (Wildman–Crippen MR) is 38.3 cm³/mol. The summed E-state index contributed by atoms with van der Waals surface area (Å²) in [6, 6.07) is 0. The molecule has 0 aromatic heterocycles. The van der Waals surface area contributed by atoms with E-state index in [-0.39, 0.29) is 0 Å². The predicted octanol–water partition coefficient (Wildman–Crippen LogP) is 0.583. The van der Waals surface area contributed by atoms with Gasteiger partial charge in [-0.25, -0.2) is 12.6 Å². The van der Waals surface area contributed by atoms with E-state index >= 15 is 0 Å². The first-order valence-corrected chi connectivity index (χ1v) is 5.61. The lowest BCUT2D eigenvalue weighted by molar-refractivity contribution is -0.151. The van der Waals surface area contributed by atoms with Gasteiger partial charge in [0.25, 0.3) is 0 Å². The number of sulfonamides is 1. The highest BCUT2D eigenvalue weighted by Crippen LogP contribution is 2.22. The van der Waals surface area contributed by atoms with Crippen LogP contribution in [0, 0.1) is 0 Å². The van der Waals surface area contributed by atoms with E-state index in [0.717, 1.165) is 0 Å². The molecule has 5 nitrogen and oxygen atoms in total. The molecular weight excluding hydrogens is 292 g/mol. The zero-order valence-electron chi connectivity index (χ0n) is 6.92. The Hall–Kier alpha value is -0.400. The van der Waals surface area contributed by atoms with Crippen molar-refractivity contribution in [3.8, 4) is 0 Å². The fraction of sp³-hybridized carbons (Fsp3) is 1.00. The van der Waals surface area contributed by atoms with E-state index < -0.39 is 39.6 Å². The maximum atomic E-state index is 11.6. The molecule has 0 aromatic rings. The van der Waals surface area contributed by atoms with Crippen molar-refractivity contribution < 1.29 is 43.2 Å². The van der Waals surface area contributed by atoms with Crippen LogP contribution in [-0.4, -0.2) is 30.9 Å². The number of alkyl halides is 6. The minimum atomic E-state index is -6.01. The summed E-state index contributed by atoms with van der Waals surface area (Å²) in [6.45, 7) is -2.15. The zero-order valence-corrected chi connectivity index (χ0v) is 8.56. The molecule has 1 atom stereocenters. The molecule has 16 heavy (non-hydrogen) atoms. The van der Waals surface area contributed by atoms with Gasteiger partial charge in [-0.3, -0.25) is 4.18 Å². The summed E-state index contributed by atoms with van der Waals surface area (Å²) in [5, 5.41) is 0. The van der Waals surface area contributed by atoms with Gasteiger partial charge in [-0.15, -0.1) is 4.13 Å². The average Bonchev–Trinajstić information content (AvgIpc) is 1.96. The van der Waals surface area contributed by atoms with Gasteiger partial charge < -0.3 is 0 Å². The van der Waals surface area contributed by atoms with E-state index in [1.54, 1.807) is 0 Å². The molecular formula is C3H3F6NO4S2. The topological polar surface area (TPSA) is 72.5 Å². The Kier molecular flexibility index (Phi) is 4.73. The Labute approximate surface area is 87.6 Å². The first kappa shape index (κ1) is 15.6. The summed E-state index contributed by atoms with van der Waals surface area (Å²) < 4.78 is 103. The van der Waals surface area contributed by atoms with Crippen LogP contribution in [0.2, 0.25) is 0 Å². The van der Waals surface area contributed by atoms with Crippen LogP contribution >= 0.6 is 0 Å². The van der Waals surface area contributed by atoms with Crippen molar-refractivity contribution in [2.75, 3.05) is 6.61 Å². The minimum Gasteiger partial charge on any atom is -0.268 e. The normalized spacial score (nSPS) is 16.1. The lowest BCUT2D eigenvalue weighted by atomic mass is 10.7. The van der Waals surface area contributed by atoms with Gasteiger partial charge in [-0.2, -0.15) is 26.3 Å². The molecule has 0 rings (SSSR count). The van der Waals surface area contributed by atoms with Crippen LogP contribution < -0.4 is 4.13 Å². The molecule has 0 bridgehead atoms. The molecule has 0 aromatic carbocycles. The first-order chi connectivity index (χ1) is 6.85. The van der Waals surface area contributed by atoms with Crippen molar-refractivity contribution in [2.24, 2.45) is 0 Å². The third-order valence-electron chi connectivity index (χ3n) is 0.812. The molecule has 0 saturated heterocycles. The third kappa shape index (κ3) is 5.62. The molecule has 0 saturated carbocycles. The summed E-state index contributed by atoms with van der Waals surface area (Å²) in [4.78, 5) is 0. The van der Waals surface area contributed by atoms with E-state index in [4.69, 9.17) is 0 Å². The van der Waals surface area contributed by atoms with E-state index in [9.17, 15) is 39.0 Å². The lowest BCUT2D eigenvalue weighted by Crippen LogP contribution is -2.38. The van der Waals surface area contributed by atoms with Gasteiger partial charge in [0.05, 0.1) is 0 Å². The van der Waals surface area contributed by atoms with Gasteiger partial charge in [-0.1, -0.05) is 0 Å². The maximum Gasteiger partial charge on any atom is 0.512 e. The second kappa shape index (κ2) is 4.85. The van der Waals surface area contributed by atoms with E-state index in [0.29, 0.717) is 4.13 Å². The molecule has 0 radical (unpaired) electrons. The van der Waals surface area contributed by atoms with Crippen LogP contribution in [0.1, 0.15) is 0 Å². The molecule has 0 fully saturated rings. The highest BCUT2D eigenvalue weighted by Gasteiger charge is 2.47. The molecule has 0 spiro atoms. The molecule has 0 aliphatic rings. The lowest BCUT2D eigenvalue weighted by Gasteiger charge is -2.09. The molecule has 0 aliphatic carbocycles. The molecule has 0 heterocycles. The second-order valence-corrected chi connectivity index (χ2v) is 4.99. The number of hydrogen-bond acceptors (Lipinski definition) is 4. The van der Waals surface area contributed by atoms with Crippen LogP contribution in [0.3, 0.4) is 0 Å². The van der Waals surface area contributed by atoms with E-state index in [1.165, 1.54) is 0 Å². The van der Waals surface area contributed by atoms with E-state index in [2.05, 4.69) is 4.18 Å². The van der Waals surface area contributed by atoms with Gasteiger partial charge in [0.15, 0.2) is 6.61 Å². The Morgan fingerprint density at radius 1 is 1.12 bits per heavy atom. The van der Waals surface area contributed by atoms with Gasteiger partial charge in [0, 0.05) is 0 Å². The third-order valence-corrected chi connectivity index (χ3v) is 3.18. The molecule has 98 valence electrons. The summed E-state index contributed by atoms with van der Waals surface area (Å²) in [5.74, 6) is 0. The minimum absolute atomic E-state index is 0.366. The fourth-order valence-corrected chi connectivity index (χ4v) is 1.81. The second-order valence-electron chi connectivity index (χ2n) is 2.14. The molecule has 0 amide bonds. The van der Waals surface area contributed by atoms with Crippen LogP contribution in [0.4, 0.5) is 26.3 Å². The van der Waals surface area contributed by atoms with Crippen molar-refractivity contribution in [1.29, 1.82) is 0 Å². The number of hydrogen-bond donors (Lipinski definition) is 1. The average molecular weight is 295 g/mol. The number of halogens is 6. The number of rotatable bonds is 4. The number of nitrogens with one attached hydrogen (secondary N) is 1. The Balaban J connectivity index is 4.39. The summed E-state index contributed by atoms with van der Waals surface area (Å²) in [7, 11) is -6.01. The first-order valence-electron chi connectivity index (χ1n) is 3.06. The molecule has 0 aliphatic heterocycles. The van der Waals surface area contributed by atoms with Gasteiger partial charge in [0.2, 0.25) is 11.3 Å². The van der Waals surface area contributed by atoms with Crippen LogP contribution in [0.5, 0.6) is 0 Å². The Morgan fingerprint density at radius 2 is 1.56 bits per heavy atom. The molecule has 1 unspecified atom stereocenters. The van der Waals surface area contributed by atoms with Crippen LogP contribution in [0.25, 0.3) is 0 Å². The monoisotopic (exact) mass is 295 g/mol. The highest BCUT2D eigenvalue weighted by molar-refractivity contribution is 8.00. The van der Waals surface area contributed by atoms with Crippen molar-refractivity contribution in [3.05, 3.63) is 0 Å². The summed E-state index contributed by atoms with van der Waals surface area (Å²) in [5.41, 5.74) is -5.79. The largest absolute Gasteiger partial charge is 0.512 e. The van der Waals surface area contributed by atoms with Crippen molar-refractivity contribution in [1.82, 2.24) is 4.13 Å². The quantitative estimate of drug-likeness (QED) is 0.770. The van der Waals surface area contributed by atoms with Gasteiger partial charge >= 0.3 is 21.7 Å². The molecule has 13 heteroatoms. The van der Waals surface area contributed by atoms with Crippen LogP contribution in [0.15, 0.2) is 0 Å². The highest BCUT2D eigenvalue weighted by atomic mass is 32.3. The summed E-state index contributed by atoms with van der Waals surface area (Å²) >= 11 is -3.46.